The van der Waals surface area contributed by atoms with Crippen molar-refractivity contribution in [2.45, 2.75) is 143 Å². The molecule has 0 aromatic heterocycles. The molecule has 18 nitrogen and oxygen atoms in total. The van der Waals surface area contributed by atoms with Crippen LogP contribution in [0, 0.1) is 5.21 Å². The number of nitrogens with one attached hydrogen (secondary N) is 3. The third-order valence-electron chi connectivity index (χ3n) is 9.79. The Kier molecular flexibility index (Phi) is 19.4. The lowest BCUT2D eigenvalue weighted by Crippen LogP contribution is -2.70. The highest BCUT2D eigenvalue weighted by Gasteiger charge is 2.90. The summed E-state index contributed by atoms with van der Waals surface area (Å²) in [7, 11) is 0. The molecule has 2 rings (SSSR count). The zero-order chi connectivity index (χ0) is 52.1. The lowest BCUT2D eigenvalue weighted by molar-refractivity contribution is -0.530. The molecule has 1 aromatic rings. The van der Waals surface area contributed by atoms with E-state index in [-0.39, 0.29) is 5.56 Å². The van der Waals surface area contributed by atoms with Gasteiger partial charge in [-0.15, -0.1) is 0 Å². The summed E-state index contributed by atoms with van der Waals surface area (Å²) >= 11 is 0. The molecule has 3 amide bonds. The highest BCUT2D eigenvalue weighted by atomic mass is 19.4. The molecule has 1 saturated heterocycles. The quantitative estimate of drug-likeness (QED) is 0.0228. The van der Waals surface area contributed by atoms with E-state index in [2.05, 4.69) is 5.32 Å². The van der Waals surface area contributed by atoms with Crippen LogP contribution in [0.15, 0.2) is 24.3 Å². The lowest BCUT2D eigenvalue weighted by atomic mass is 9.92. The van der Waals surface area contributed by atoms with Crippen molar-refractivity contribution in [2.24, 2.45) is 0 Å². The molecule has 1 fully saturated rings. The van der Waals surface area contributed by atoms with Crippen LogP contribution in [0.4, 0.5) is 57.1 Å². The number of amides is 3. The van der Waals surface area contributed by atoms with Crippen LogP contribution < -0.4 is 16.0 Å². The maximum Gasteiger partial charge on any atom is 0.460 e. The van der Waals surface area contributed by atoms with Gasteiger partial charge in [0.15, 0.2) is 24.1 Å². The van der Waals surface area contributed by atoms with Gasteiger partial charge in [-0.3, -0.25) is 14.4 Å². The third kappa shape index (κ3) is 13.3. The largest absolute Gasteiger partial charge is 0.623 e. The van der Waals surface area contributed by atoms with Crippen LogP contribution in [0.3, 0.4) is 0 Å². The number of rotatable bonds is 22. The van der Waals surface area contributed by atoms with Gasteiger partial charge in [0, 0.05) is 45.8 Å². The number of aliphatic hydroxyl groups is 8. The van der Waals surface area contributed by atoms with E-state index in [1.54, 1.807) is 26.1 Å². The predicted molar refractivity (Wildman–Crippen MR) is 196 cm³/mol. The Balaban J connectivity index is 2.39. The Morgan fingerprint density at radius 3 is 1.82 bits per heavy atom. The number of ether oxygens (including phenoxy) is 2. The van der Waals surface area contributed by atoms with Gasteiger partial charge in [-0.2, -0.15) is 57.1 Å². The van der Waals surface area contributed by atoms with Crippen molar-refractivity contribution in [3.63, 3.8) is 0 Å². The minimum absolute atomic E-state index is 0.286. The molecule has 10 atom stereocenters. The molecular formula is C36H47F13N4O14. The molecule has 1 heterocycles. The summed E-state index contributed by atoms with van der Waals surface area (Å²) < 4.78 is 187. The first kappa shape index (κ1) is 58.9. The average molecular weight is 1010 g/mol. The van der Waals surface area contributed by atoms with E-state index >= 15 is 0 Å². The number of nitrogens with zero attached hydrogens (tertiary/aromatic N) is 1. The highest BCUT2D eigenvalue weighted by Crippen LogP contribution is 2.60. The topological polar surface area (TPSA) is 294 Å². The molecule has 11 N–H and O–H groups in total. The molecule has 1 aliphatic heterocycles. The zero-order valence-electron chi connectivity index (χ0n) is 34.8. The minimum atomic E-state index is -8.21. The van der Waals surface area contributed by atoms with Gasteiger partial charge in [-0.05, 0) is 17.7 Å². The number of benzene rings is 1. The second kappa shape index (κ2) is 22.0. The molecule has 0 aliphatic carbocycles. The van der Waals surface area contributed by atoms with E-state index in [0.29, 0.717) is 10.3 Å². The van der Waals surface area contributed by atoms with Crippen molar-refractivity contribution < 1.29 is 127 Å². The fourth-order valence-electron chi connectivity index (χ4n) is 5.57. The number of halogens is 13. The first-order chi connectivity index (χ1) is 30.3. The van der Waals surface area contributed by atoms with Gasteiger partial charge in [0.1, 0.15) is 48.8 Å². The van der Waals surface area contributed by atoms with Crippen molar-refractivity contribution in [3.05, 3.63) is 40.6 Å². The minimum Gasteiger partial charge on any atom is -0.623 e. The van der Waals surface area contributed by atoms with Crippen molar-refractivity contribution >= 4 is 23.9 Å². The number of aliphatic hydroxyl groups excluding tert-OH is 8. The predicted octanol–water partition coefficient (Wildman–Crippen LogP) is -0.589. The molecule has 1 aliphatic rings. The summed E-state index contributed by atoms with van der Waals surface area (Å²) in [5, 5.41) is 98.2. The molecule has 0 unspecified atom stereocenters. The standard InChI is InChI=1S/C36H47F13N4O14/c1-30(2,3)53(65)12-16-6-4-15(5-7-16)11-51-20(57)10-17(27(63)50-9-8-31(37,38)32(39,40)33(41,42)34(43,44)35(45,46)36(47,48)49)52-28(64)24(61)23(60)26(18(56)13-54)67-29-25(62)22(59)21(58)19(14-55)66-29/h4-7,12,17-19,21-26,29,54-56,58-62H,8-11,13-14H2,1-3H3,(H,50,63)(H,51,57)(H,52,64)/b53-12-/t17-,18+,19+,21-,22-,23+,24+,25+,26+,29-/m0/s1. The maximum atomic E-state index is 14.5. The molecule has 67 heavy (non-hydrogen) atoms. The van der Waals surface area contributed by atoms with Crippen LogP contribution >= 0.6 is 0 Å². The van der Waals surface area contributed by atoms with Gasteiger partial charge in [-0.1, -0.05) is 12.1 Å². The maximum absolute atomic E-state index is 14.5. The van der Waals surface area contributed by atoms with Crippen molar-refractivity contribution in [1.29, 1.82) is 0 Å². The van der Waals surface area contributed by atoms with Gasteiger partial charge < -0.3 is 71.5 Å². The molecule has 0 bridgehead atoms. The van der Waals surface area contributed by atoms with Crippen LogP contribution in [-0.2, 0) is 30.4 Å². The summed E-state index contributed by atoms with van der Waals surface area (Å²) in [6.45, 7) is -0.117. The molecule has 0 saturated carbocycles. The smallest absolute Gasteiger partial charge is 0.460 e. The summed E-state index contributed by atoms with van der Waals surface area (Å²) in [6.07, 6.45) is -31.7. The van der Waals surface area contributed by atoms with Crippen molar-refractivity contribution in [1.82, 2.24) is 16.0 Å². The number of hydrogen-bond acceptors (Lipinski definition) is 14. The SMILES string of the molecule is CC(C)(C)/[N+]([O-])=C/c1ccc(CNC(=O)C[C@H](NC(=O)[C@H](O)[C@@H](O)[C@H](O[C@@H]2O[C@H](CO)[C@H](O)[C@H](O)[C@H]2O)[C@H](O)CO)C(=O)NCCC(F)(F)C(F)(F)C(F)(F)C(F)(F)C(F)(F)C(F)(F)F)cc1. The Morgan fingerprint density at radius 2 is 1.33 bits per heavy atom. The first-order valence-corrected chi connectivity index (χ1v) is 19.2. The van der Waals surface area contributed by atoms with E-state index in [4.69, 9.17) is 9.47 Å². The van der Waals surface area contributed by atoms with E-state index in [9.17, 15) is 118 Å². The van der Waals surface area contributed by atoms with Crippen LogP contribution in [-0.4, -0.2) is 192 Å². The monoisotopic (exact) mass is 1010 g/mol. The van der Waals surface area contributed by atoms with Crippen LogP contribution in [0.1, 0.15) is 44.7 Å². The van der Waals surface area contributed by atoms with Crippen molar-refractivity contribution in [3.8, 4) is 0 Å². The van der Waals surface area contributed by atoms with E-state index < -0.39 is 159 Å². The number of carbonyl (C=O) groups is 3. The highest BCUT2D eigenvalue weighted by molar-refractivity contribution is 5.93. The van der Waals surface area contributed by atoms with Gasteiger partial charge in [0.2, 0.25) is 11.8 Å². The van der Waals surface area contributed by atoms with Crippen molar-refractivity contribution in [2.75, 3.05) is 19.8 Å². The lowest BCUT2D eigenvalue weighted by Gasteiger charge is -2.42. The average Bonchev–Trinajstić information content (AvgIpc) is 3.22. The number of hydroxylamine groups is 1. The summed E-state index contributed by atoms with van der Waals surface area (Å²) in [4.78, 5) is 39.2. The van der Waals surface area contributed by atoms with Crippen LogP contribution in [0.5, 0.6) is 0 Å². The third-order valence-corrected chi connectivity index (χ3v) is 9.79. The number of alkyl halides is 13. The zero-order valence-corrected chi connectivity index (χ0v) is 34.8. The van der Waals surface area contributed by atoms with E-state index in [0.717, 1.165) is 0 Å². The van der Waals surface area contributed by atoms with E-state index in [1.165, 1.54) is 35.8 Å². The second-order valence-corrected chi connectivity index (χ2v) is 15.9. The fourth-order valence-corrected chi connectivity index (χ4v) is 5.57. The Labute approximate surface area is 369 Å². The van der Waals surface area contributed by atoms with Gasteiger partial charge in [0.25, 0.3) is 5.91 Å². The summed E-state index contributed by atoms with van der Waals surface area (Å²) in [5.41, 5.74) is -0.164. The Hall–Kier alpha value is -4.21. The molecule has 0 radical (unpaired) electrons. The second-order valence-electron chi connectivity index (χ2n) is 15.9. The molecule has 386 valence electrons. The van der Waals surface area contributed by atoms with Gasteiger partial charge >= 0.3 is 35.8 Å². The molecule has 0 spiro atoms. The van der Waals surface area contributed by atoms with Gasteiger partial charge in [-0.25, -0.2) is 4.74 Å². The number of carbonyl (C=O) groups excluding carboxylic acids is 3. The molecule has 31 heteroatoms. The van der Waals surface area contributed by atoms with Crippen LogP contribution in [0.25, 0.3) is 0 Å². The summed E-state index contributed by atoms with van der Waals surface area (Å²) in [5.74, 6) is -44.0. The molecular weight excluding hydrogens is 959 g/mol. The first-order valence-electron chi connectivity index (χ1n) is 19.2. The summed E-state index contributed by atoms with van der Waals surface area (Å²) in [6, 6.07) is 3.07. The van der Waals surface area contributed by atoms with E-state index in [1.807, 2.05) is 0 Å². The van der Waals surface area contributed by atoms with Gasteiger partial charge in [0.05, 0.1) is 19.6 Å². The fraction of sp³-hybridized carbons (Fsp3) is 0.722. The normalized spacial score (nSPS) is 22.9. The Morgan fingerprint density at radius 1 is 0.791 bits per heavy atom. The van der Waals surface area contributed by atoms with Crippen LogP contribution in [0.2, 0.25) is 0 Å². The number of hydrogen-bond donors (Lipinski definition) is 11. The molecule has 1 aromatic carbocycles. The Bertz CT molecular complexity index is 1860.